The van der Waals surface area contributed by atoms with Crippen LogP contribution < -0.4 is 10.6 Å². The van der Waals surface area contributed by atoms with Crippen LogP contribution in [0.5, 0.6) is 0 Å². The molecule has 1 aliphatic heterocycles. The first-order valence-electron chi connectivity index (χ1n) is 7.57. The number of hydrogen-bond acceptors (Lipinski definition) is 5. The molecule has 1 fully saturated rings. The molecular weight excluding hydrogens is 272 g/mol. The quantitative estimate of drug-likeness (QED) is 0.806. The minimum Gasteiger partial charge on any atom is -0.354 e. The van der Waals surface area contributed by atoms with Gasteiger partial charge in [0.1, 0.15) is 6.04 Å². The Kier molecular flexibility index (Phi) is 5.71. The van der Waals surface area contributed by atoms with Gasteiger partial charge in [0.25, 0.3) is 0 Å². The average molecular weight is 294 g/mol. The Bertz CT molecular complexity index is 486. The Morgan fingerprint density at radius 3 is 3.10 bits per heavy atom. The fourth-order valence-corrected chi connectivity index (χ4v) is 2.28. The maximum absolute atomic E-state index is 11.9. The molecule has 0 aliphatic carbocycles. The summed E-state index contributed by atoms with van der Waals surface area (Å²) in [5.41, 5.74) is 0. The molecular formula is C14H22N4O3. The monoisotopic (exact) mass is 294 g/mol. The molecule has 7 heteroatoms. The van der Waals surface area contributed by atoms with Crippen LogP contribution in [0.3, 0.4) is 0 Å². The second-order valence-corrected chi connectivity index (χ2v) is 5.22. The van der Waals surface area contributed by atoms with E-state index in [0.717, 1.165) is 19.3 Å². The maximum atomic E-state index is 11.9. The fraction of sp³-hybridized carbons (Fsp3) is 0.714. The molecule has 2 N–H and O–H groups in total. The van der Waals surface area contributed by atoms with E-state index in [0.29, 0.717) is 43.9 Å². The molecule has 1 aliphatic rings. The van der Waals surface area contributed by atoms with Gasteiger partial charge in [-0.2, -0.15) is 4.98 Å². The first-order valence-corrected chi connectivity index (χ1v) is 7.57. The van der Waals surface area contributed by atoms with Crippen LogP contribution in [0.2, 0.25) is 0 Å². The highest BCUT2D eigenvalue weighted by molar-refractivity contribution is 5.87. The summed E-state index contributed by atoms with van der Waals surface area (Å²) in [6.07, 6.45) is 4.93. The zero-order valence-corrected chi connectivity index (χ0v) is 12.4. The second-order valence-electron chi connectivity index (χ2n) is 5.22. The molecule has 1 atom stereocenters. The van der Waals surface area contributed by atoms with Gasteiger partial charge in [-0.1, -0.05) is 12.1 Å². The van der Waals surface area contributed by atoms with Crippen LogP contribution >= 0.6 is 0 Å². The third-order valence-corrected chi connectivity index (χ3v) is 3.49. The van der Waals surface area contributed by atoms with Crippen molar-refractivity contribution in [3.8, 4) is 0 Å². The Labute approximate surface area is 123 Å². The summed E-state index contributed by atoms with van der Waals surface area (Å²) in [4.78, 5) is 27.8. The molecule has 2 rings (SSSR count). The zero-order valence-electron chi connectivity index (χ0n) is 12.4. The van der Waals surface area contributed by atoms with E-state index in [4.69, 9.17) is 4.52 Å². The molecule has 0 saturated carbocycles. The highest BCUT2D eigenvalue weighted by Gasteiger charge is 2.22. The second kappa shape index (κ2) is 7.75. The molecule has 0 aromatic carbocycles. The summed E-state index contributed by atoms with van der Waals surface area (Å²) in [7, 11) is 0. The summed E-state index contributed by atoms with van der Waals surface area (Å²) in [5.74, 6) is 1.06. The summed E-state index contributed by atoms with van der Waals surface area (Å²) < 4.78 is 5.06. The Balaban J connectivity index is 1.70. The van der Waals surface area contributed by atoms with Gasteiger partial charge >= 0.3 is 0 Å². The van der Waals surface area contributed by atoms with Crippen molar-refractivity contribution in [2.24, 2.45) is 0 Å². The zero-order chi connectivity index (χ0) is 15.1. The van der Waals surface area contributed by atoms with Crippen molar-refractivity contribution in [1.82, 2.24) is 20.8 Å². The highest BCUT2D eigenvalue weighted by Crippen LogP contribution is 2.07. The number of carbonyl (C=O) groups excluding carboxylic acids is 2. The Morgan fingerprint density at radius 1 is 1.48 bits per heavy atom. The molecule has 1 unspecified atom stereocenters. The van der Waals surface area contributed by atoms with Crippen molar-refractivity contribution in [3.63, 3.8) is 0 Å². The smallest absolute Gasteiger partial charge is 0.242 e. The third kappa shape index (κ3) is 4.84. The van der Waals surface area contributed by atoms with E-state index in [1.54, 1.807) is 0 Å². The van der Waals surface area contributed by atoms with Crippen LogP contribution in [0.1, 0.15) is 50.7 Å². The molecule has 1 saturated heterocycles. The molecule has 2 heterocycles. The van der Waals surface area contributed by atoms with Crippen LogP contribution in [0.4, 0.5) is 0 Å². The number of hydrogen-bond donors (Lipinski definition) is 2. The lowest BCUT2D eigenvalue weighted by atomic mass is 10.1. The minimum absolute atomic E-state index is 0.0784. The van der Waals surface area contributed by atoms with Crippen molar-refractivity contribution < 1.29 is 14.1 Å². The van der Waals surface area contributed by atoms with E-state index in [1.807, 2.05) is 6.92 Å². The summed E-state index contributed by atoms with van der Waals surface area (Å²) in [5, 5.41) is 9.40. The maximum Gasteiger partial charge on any atom is 0.242 e. The number of aryl methyl sites for hydroxylation is 2. The summed E-state index contributed by atoms with van der Waals surface area (Å²) in [6.45, 7) is 2.65. The van der Waals surface area contributed by atoms with Crippen LogP contribution in [0.25, 0.3) is 0 Å². The van der Waals surface area contributed by atoms with Crippen molar-refractivity contribution in [2.45, 2.75) is 57.9 Å². The van der Waals surface area contributed by atoms with Gasteiger partial charge in [0, 0.05) is 25.8 Å². The molecule has 21 heavy (non-hydrogen) atoms. The predicted molar refractivity (Wildman–Crippen MR) is 75.4 cm³/mol. The first kappa shape index (κ1) is 15.5. The molecule has 0 spiro atoms. The number of nitrogens with one attached hydrogen (secondary N) is 2. The van der Waals surface area contributed by atoms with Crippen LogP contribution in [0, 0.1) is 0 Å². The van der Waals surface area contributed by atoms with Crippen LogP contribution in [-0.2, 0) is 22.4 Å². The number of nitrogens with zero attached hydrogens (tertiary/aromatic N) is 2. The third-order valence-electron chi connectivity index (χ3n) is 3.49. The van der Waals surface area contributed by atoms with Gasteiger partial charge in [0.15, 0.2) is 5.82 Å². The van der Waals surface area contributed by atoms with Crippen molar-refractivity contribution in [3.05, 3.63) is 11.7 Å². The van der Waals surface area contributed by atoms with Crippen molar-refractivity contribution in [1.29, 1.82) is 0 Å². The lowest BCUT2D eigenvalue weighted by Gasteiger charge is -2.14. The van der Waals surface area contributed by atoms with Gasteiger partial charge in [-0.25, -0.2) is 0 Å². The van der Waals surface area contributed by atoms with E-state index in [1.165, 1.54) is 0 Å². The number of amides is 2. The van der Waals surface area contributed by atoms with Gasteiger partial charge in [-0.15, -0.1) is 0 Å². The van der Waals surface area contributed by atoms with Gasteiger partial charge < -0.3 is 15.2 Å². The normalized spacial score (nSPS) is 18.9. The highest BCUT2D eigenvalue weighted by atomic mass is 16.5. The summed E-state index contributed by atoms with van der Waals surface area (Å²) in [6, 6.07) is -0.393. The molecule has 0 bridgehead atoms. The van der Waals surface area contributed by atoms with Crippen LogP contribution in [-0.4, -0.2) is 34.5 Å². The van der Waals surface area contributed by atoms with E-state index < -0.39 is 6.04 Å². The molecule has 1 aromatic heterocycles. The predicted octanol–water partition coefficient (Wildman–Crippen LogP) is 0.740. The van der Waals surface area contributed by atoms with E-state index in [9.17, 15) is 9.59 Å². The van der Waals surface area contributed by atoms with E-state index in [2.05, 4.69) is 20.8 Å². The molecule has 7 nitrogen and oxygen atoms in total. The fourth-order valence-electron chi connectivity index (χ4n) is 2.28. The van der Waals surface area contributed by atoms with Gasteiger partial charge in [0.05, 0.1) is 0 Å². The topological polar surface area (TPSA) is 97.1 Å². The van der Waals surface area contributed by atoms with E-state index >= 15 is 0 Å². The summed E-state index contributed by atoms with van der Waals surface area (Å²) >= 11 is 0. The van der Waals surface area contributed by atoms with Crippen molar-refractivity contribution >= 4 is 11.8 Å². The largest absolute Gasteiger partial charge is 0.354 e. The van der Waals surface area contributed by atoms with Crippen LogP contribution in [0.15, 0.2) is 4.52 Å². The molecule has 116 valence electrons. The Morgan fingerprint density at radius 2 is 2.33 bits per heavy atom. The number of aromatic nitrogens is 2. The van der Waals surface area contributed by atoms with Gasteiger partial charge in [-0.3, -0.25) is 9.59 Å². The van der Waals surface area contributed by atoms with Gasteiger partial charge in [-0.05, 0) is 25.7 Å². The lowest BCUT2D eigenvalue weighted by molar-refractivity contribution is -0.128. The van der Waals surface area contributed by atoms with Gasteiger partial charge in [0.2, 0.25) is 17.7 Å². The van der Waals surface area contributed by atoms with E-state index in [-0.39, 0.29) is 11.8 Å². The molecule has 2 amide bonds. The Hall–Kier alpha value is -1.92. The number of rotatable bonds is 6. The average Bonchev–Trinajstić information content (AvgIpc) is 2.84. The lowest BCUT2D eigenvalue weighted by Crippen LogP contribution is -2.45. The standard InChI is InChI=1S/C14H22N4O3/c1-2-11-17-13(21-18-11)8-5-7-12(19)16-10-6-3-4-9-15-14(10)20/h10H,2-9H2,1H3,(H,15,20)(H,16,19). The minimum atomic E-state index is -0.393. The van der Waals surface area contributed by atoms with Crippen molar-refractivity contribution in [2.75, 3.05) is 6.54 Å². The molecule has 1 aromatic rings. The molecule has 0 radical (unpaired) electrons. The first-order chi connectivity index (χ1) is 10.2. The number of carbonyl (C=O) groups is 2. The SMILES string of the molecule is CCc1noc(CCCC(=O)NC2CCCCNC2=O)n1.